The number of hydrogen-bond acceptors (Lipinski definition) is 4. The summed E-state index contributed by atoms with van der Waals surface area (Å²) >= 11 is 2.11. The molecule has 3 fully saturated rings. The third-order valence-electron chi connectivity index (χ3n) is 6.56. The molecule has 6 heteroatoms. The molecular weight excluding hydrogens is 354 g/mol. The standard InChI is InChI=1S/C21H41N5S/c1-3-11-25-12-7-19(8-13-25)24-20(22-4-2)23-18-21(9-5-6-10-21)26-14-16-27-17-15-26/h19H,3-18H2,1-2H3,(H2,22,23,24). The van der Waals surface area contributed by atoms with Crippen LogP contribution in [0.25, 0.3) is 0 Å². The highest BCUT2D eigenvalue weighted by Crippen LogP contribution is 2.37. The van der Waals surface area contributed by atoms with Crippen LogP contribution in [0.2, 0.25) is 0 Å². The fourth-order valence-corrected chi connectivity index (χ4v) is 5.90. The normalized spacial score (nSPS) is 25.6. The van der Waals surface area contributed by atoms with E-state index in [-0.39, 0.29) is 0 Å². The van der Waals surface area contributed by atoms with Crippen LogP contribution >= 0.6 is 11.8 Å². The van der Waals surface area contributed by atoms with Crippen molar-refractivity contribution in [2.75, 3.05) is 57.3 Å². The molecule has 2 aliphatic heterocycles. The van der Waals surface area contributed by atoms with Crippen molar-refractivity contribution >= 4 is 17.7 Å². The minimum absolute atomic E-state index is 0.327. The van der Waals surface area contributed by atoms with Crippen LogP contribution in [0.1, 0.15) is 58.8 Å². The highest BCUT2D eigenvalue weighted by Gasteiger charge is 2.40. The number of piperidine rings is 1. The van der Waals surface area contributed by atoms with E-state index in [4.69, 9.17) is 4.99 Å². The second-order valence-corrected chi connectivity index (χ2v) is 9.71. The Balaban J connectivity index is 1.57. The summed E-state index contributed by atoms with van der Waals surface area (Å²) in [5.41, 5.74) is 0.327. The second-order valence-electron chi connectivity index (χ2n) is 8.49. The van der Waals surface area contributed by atoms with E-state index in [2.05, 4.69) is 46.0 Å². The highest BCUT2D eigenvalue weighted by atomic mass is 32.2. The number of aliphatic imine (C=N–C) groups is 1. The van der Waals surface area contributed by atoms with E-state index in [1.807, 2.05) is 0 Å². The van der Waals surface area contributed by atoms with Gasteiger partial charge in [0, 0.05) is 55.8 Å². The molecule has 5 nitrogen and oxygen atoms in total. The van der Waals surface area contributed by atoms with Crippen LogP contribution in [-0.4, -0.2) is 84.7 Å². The predicted octanol–water partition coefficient (Wildman–Crippen LogP) is 2.78. The Bertz CT molecular complexity index is 449. The van der Waals surface area contributed by atoms with Gasteiger partial charge < -0.3 is 15.5 Å². The van der Waals surface area contributed by atoms with E-state index < -0.39 is 0 Å². The predicted molar refractivity (Wildman–Crippen MR) is 119 cm³/mol. The molecule has 0 unspecified atom stereocenters. The van der Waals surface area contributed by atoms with Crippen molar-refractivity contribution in [2.45, 2.75) is 70.4 Å². The first-order valence-corrected chi connectivity index (χ1v) is 12.5. The lowest BCUT2D eigenvalue weighted by Gasteiger charge is -2.42. The van der Waals surface area contributed by atoms with E-state index in [9.17, 15) is 0 Å². The van der Waals surface area contributed by atoms with Crippen molar-refractivity contribution in [3.8, 4) is 0 Å². The Hall–Kier alpha value is -0.460. The monoisotopic (exact) mass is 395 g/mol. The number of rotatable bonds is 7. The van der Waals surface area contributed by atoms with Gasteiger partial charge in [0.15, 0.2) is 5.96 Å². The summed E-state index contributed by atoms with van der Waals surface area (Å²) in [6, 6.07) is 0.571. The van der Waals surface area contributed by atoms with Crippen LogP contribution in [0, 0.1) is 0 Å². The molecule has 0 spiro atoms. The maximum absolute atomic E-state index is 5.12. The van der Waals surface area contributed by atoms with Gasteiger partial charge in [-0.2, -0.15) is 11.8 Å². The molecule has 2 saturated heterocycles. The van der Waals surface area contributed by atoms with Crippen molar-refractivity contribution in [2.24, 2.45) is 4.99 Å². The number of nitrogens with one attached hydrogen (secondary N) is 2. The first kappa shape index (κ1) is 21.3. The number of thioether (sulfide) groups is 1. The van der Waals surface area contributed by atoms with Gasteiger partial charge in [0.2, 0.25) is 0 Å². The minimum Gasteiger partial charge on any atom is -0.357 e. The first-order valence-electron chi connectivity index (χ1n) is 11.4. The van der Waals surface area contributed by atoms with Gasteiger partial charge in [0.05, 0.1) is 6.54 Å². The SMILES string of the molecule is CCCN1CCC(NC(=NCC2(N3CCSCC3)CCCC2)NCC)CC1. The third-order valence-corrected chi connectivity index (χ3v) is 7.50. The molecule has 27 heavy (non-hydrogen) atoms. The van der Waals surface area contributed by atoms with Crippen LogP contribution < -0.4 is 10.6 Å². The van der Waals surface area contributed by atoms with Crippen molar-refractivity contribution < 1.29 is 0 Å². The average molecular weight is 396 g/mol. The van der Waals surface area contributed by atoms with Gasteiger partial charge in [-0.1, -0.05) is 19.8 Å². The van der Waals surface area contributed by atoms with Crippen LogP contribution in [-0.2, 0) is 0 Å². The highest BCUT2D eigenvalue weighted by molar-refractivity contribution is 7.99. The maximum Gasteiger partial charge on any atom is 0.191 e. The van der Waals surface area contributed by atoms with Gasteiger partial charge in [-0.15, -0.1) is 0 Å². The van der Waals surface area contributed by atoms with Gasteiger partial charge in [0.25, 0.3) is 0 Å². The molecule has 0 aromatic carbocycles. The number of nitrogens with zero attached hydrogens (tertiary/aromatic N) is 3. The molecule has 0 amide bonds. The molecule has 0 aromatic heterocycles. The minimum atomic E-state index is 0.327. The molecule has 2 N–H and O–H groups in total. The smallest absolute Gasteiger partial charge is 0.191 e. The van der Waals surface area contributed by atoms with E-state index >= 15 is 0 Å². The number of guanidine groups is 1. The summed E-state index contributed by atoms with van der Waals surface area (Å²) in [6.45, 7) is 12.5. The van der Waals surface area contributed by atoms with E-state index in [1.165, 1.54) is 89.2 Å². The zero-order valence-electron chi connectivity index (χ0n) is 17.6. The fraction of sp³-hybridized carbons (Fsp3) is 0.952. The van der Waals surface area contributed by atoms with E-state index in [0.717, 1.165) is 19.0 Å². The molecule has 0 bridgehead atoms. The van der Waals surface area contributed by atoms with Crippen molar-refractivity contribution in [1.29, 1.82) is 0 Å². The van der Waals surface area contributed by atoms with Gasteiger partial charge >= 0.3 is 0 Å². The summed E-state index contributed by atoms with van der Waals surface area (Å²) < 4.78 is 0. The van der Waals surface area contributed by atoms with E-state index in [1.54, 1.807) is 0 Å². The molecule has 1 aliphatic carbocycles. The third kappa shape index (κ3) is 6.01. The summed E-state index contributed by atoms with van der Waals surface area (Å²) in [7, 11) is 0. The fourth-order valence-electron chi connectivity index (χ4n) is 5.00. The van der Waals surface area contributed by atoms with Crippen LogP contribution in [0.3, 0.4) is 0 Å². The Morgan fingerprint density at radius 2 is 1.78 bits per heavy atom. The molecule has 0 atom stereocenters. The molecule has 0 aromatic rings. The molecule has 0 radical (unpaired) electrons. The van der Waals surface area contributed by atoms with Gasteiger partial charge in [-0.05, 0) is 45.6 Å². The summed E-state index contributed by atoms with van der Waals surface area (Å²) in [5.74, 6) is 3.63. The van der Waals surface area contributed by atoms with Gasteiger partial charge in [-0.25, -0.2) is 0 Å². The van der Waals surface area contributed by atoms with E-state index in [0.29, 0.717) is 11.6 Å². The second kappa shape index (κ2) is 10.9. The van der Waals surface area contributed by atoms with Crippen LogP contribution in [0.5, 0.6) is 0 Å². The lowest BCUT2D eigenvalue weighted by Crippen LogP contribution is -2.54. The molecular formula is C21H41N5S. The Labute approximate surface area is 171 Å². The van der Waals surface area contributed by atoms with Crippen molar-refractivity contribution in [1.82, 2.24) is 20.4 Å². The van der Waals surface area contributed by atoms with Crippen LogP contribution in [0.4, 0.5) is 0 Å². The van der Waals surface area contributed by atoms with Gasteiger partial charge in [0.1, 0.15) is 0 Å². The quantitative estimate of drug-likeness (QED) is 0.513. The lowest BCUT2D eigenvalue weighted by atomic mass is 9.95. The molecule has 3 aliphatic rings. The van der Waals surface area contributed by atoms with Gasteiger partial charge in [-0.3, -0.25) is 9.89 Å². The summed E-state index contributed by atoms with van der Waals surface area (Å²) in [5, 5.41) is 7.27. The first-order chi connectivity index (χ1) is 13.3. The topological polar surface area (TPSA) is 42.9 Å². The maximum atomic E-state index is 5.12. The molecule has 3 rings (SSSR count). The zero-order chi connectivity index (χ0) is 19.0. The number of hydrogen-bond donors (Lipinski definition) is 2. The lowest BCUT2D eigenvalue weighted by molar-refractivity contribution is 0.112. The summed E-state index contributed by atoms with van der Waals surface area (Å²) in [4.78, 5) is 10.5. The molecule has 156 valence electrons. The average Bonchev–Trinajstić information content (AvgIpc) is 3.19. The van der Waals surface area contributed by atoms with Crippen molar-refractivity contribution in [3.63, 3.8) is 0 Å². The Kier molecular flexibility index (Phi) is 8.59. The summed E-state index contributed by atoms with van der Waals surface area (Å²) in [6.07, 6.45) is 9.14. The van der Waals surface area contributed by atoms with Crippen molar-refractivity contribution in [3.05, 3.63) is 0 Å². The Morgan fingerprint density at radius 1 is 1.07 bits per heavy atom. The number of likely N-dealkylation sites (tertiary alicyclic amines) is 1. The van der Waals surface area contributed by atoms with Crippen LogP contribution in [0.15, 0.2) is 4.99 Å². The largest absolute Gasteiger partial charge is 0.357 e. The molecule has 2 heterocycles. The Morgan fingerprint density at radius 3 is 2.41 bits per heavy atom. The zero-order valence-corrected chi connectivity index (χ0v) is 18.5. The molecule has 1 saturated carbocycles.